The number of aryl methyl sites for hydroxylation is 1. The molecule has 0 aliphatic carbocycles. The van der Waals surface area contributed by atoms with Crippen molar-refractivity contribution in [3.05, 3.63) is 37.7 Å². The van der Waals surface area contributed by atoms with Crippen LogP contribution in [0.4, 0.5) is 5.82 Å². The molecule has 2 heterocycles. The van der Waals surface area contributed by atoms with Gasteiger partial charge in [-0.3, -0.25) is 9.48 Å². The van der Waals surface area contributed by atoms with E-state index in [9.17, 15) is 14.9 Å². The van der Waals surface area contributed by atoms with Gasteiger partial charge in [0.25, 0.3) is 0 Å². The van der Waals surface area contributed by atoms with Crippen molar-refractivity contribution in [2.75, 3.05) is 0 Å². The van der Waals surface area contributed by atoms with Crippen LogP contribution in [0.15, 0.2) is 10.7 Å². The van der Waals surface area contributed by atoms with Gasteiger partial charge in [0, 0.05) is 24.8 Å². The Balaban J connectivity index is 2.02. The number of carbonyl (C=O) groups excluding carboxylic acids is 1. The highest BCUT2D eigenvalue weighted by Gasteiger charge is 2.24. The third-order valence-corrected chi connectivity index (χ3v) is 4.32. The Morgan fingerprint density at radius 2 is 2.14 bits per heavy atom. The molecule has 22 heavy (non-hydrogen) atoms. The summed E-state index contributed by atoms with van der Waals surface area (Å²) in [5.74, 6) is -0.579. The number of carbonyl (C=O) groups is 1. The van der Waals surface area contributed by atoms with Crippen LogP contribution in [0.2, 0.25) is 0 Å². The molecular weight excluding hydrogens is 356 g/mol. The van der Waals surface area contributed by atoms with E-state index >= 15 is 0 Å². The van der Waals surface area contributed by atoms with Crippen LogP contribution in [0, 0.1) is 24.0 Å². The number of nitrogens with one attached hydrogen (secondary N) is 1. The molecule has 0 aromatic carbocycles. The number of aromatic nitrogens is 4. The van der Waals surface area contributed by atoms with Gasteiger partial charge in [-0.1, -0.05) is 0 Å². The van der Waals surface area contributed by atoms with Gasteiger partial charge < -0.3 is 15.4 Å². The topological polar surface area (TPSA) is 108 Å². The summed E-state index contributed by atoms with van der Waals surface area (Å²) in [6, 6.07) is 0. The molecule has 2 aromatic rings. The number of hydrogen-bond acceptors (Lipinski definition) is 5. The maximum atomic E-state index is 12.0. The van der Waals surface area contributed by atoms with Crippen molar-refractivity contribution < 1.29 is 9.72 Å². The van der Waals surface area contributed by atoms with E-state index in [0.717, 1.165) is 11.3 Å². The standard InChI is InChI=1S/C12H15BrN6O3/c1-7-9(5-15-17(7)3)4-14-10(20)6-18-8(2)11(13)12(16-18)19(21)22/h5H,4,6H2,1-3H3,(H,14,20). The normalized spacial score (nSPS) is 10.7. The Hall–Kier alpha value is -2.23. The molecule has 0 radical (unpaired) electrons. The number of amides is 1. The van der Waals surface area contributed by atoms with Crippen LogP contribution in [-0.4, -0.2) is 30.4 Å². The van der Waals surface area contributed by atoms with Gasteiger partial charge in [0.05, 0.1) is 17.0 Å². The SMILES string of the molecule is Cc1c(CNC(=O)Cn2nc([N+](=O)[O-])c(Br)c2C)cnn1C. The summed E-state index contributed by atoms with van der Waals surface area (Å²) in [6.07, 6.45) is 1.69. The van der Waals surface area contributed by atoms with Crippen molar-refractivity contribution in [3.8, 4) is 0 Å². The highest BCUT2D eigenvalue weighted by atomic mass is 79.9. The third kappa shape index (κ3) is 3.16. The van der Waals surface area contributed by atoms with Crippen molar-refractivity contribution in [2.45, 2.75) is 26.9 Å². The lowest BCUT2D eigenvalue weighted by Gasteiger charge is -2.04. The van der Waals surface area contributed by atoms with E-state index in [1.54, 1.807) is 17.8 Å². The van der Waals surface area contributed by atoms with Crippen LogP contribution in [0.3, 0.4) is 0 Å². The van der Waals surface area contributed by atoms with Crippen molar-refractivity contribution in [1.82, 2.24) is 24.9 Å². The molecule has 0 aliphatic rings. The minimum absolute atomic E-state index is 0.0857. The lowest BCUT2D eigenvalue weighted by molar-refractivity contribution is -0.390. The predicted molar refractivity (Wildman–Crippen MR) is 81.1 cm³/mol. The van der Waals surface area contributed by atoms with Crippen LogP contribution in [0.5, 0.6) is 0 Å². The second-order valence-corrected chi connectivity index (χ2v) is 5.59. The number of nitrogens with zero attached hydrogens (tertiary/aromatic N) is 5. The summed E-state index contributed by atoms with van der Waals surface area (Å²) in [7, 11) is 1.82. The highest BCUT2D eigenvalue weighted by molar-refractivity contribution is 9.10. The maximum absolute atomic E-state index is 12.0. The lowest BCUT2D eigenvalue weighted by atomic mass is 10.2. The minimum Gasteiger partial charge on any atom is -0.358 e. The van der Waals surface area contributed by atoms with Crippen molar-refractivity contribution in [1.29, 1.82) is 0 Å². The van der Waals surface area contributed by atoms with Crippen molar-refractivity contribution in [2.24, 2.45) is 7.05 Å². The molecule has 0 fully saturated rings. The Morgan fingerprint density at radius 3 is 2.64 bits per heavy atom. The predicted octanol–water partition coefficient (Wildman–Crippen LogP) is 1.22. The van der Waals surface area contributed by atoms with Gasteiger partial charge in [0.1, 0.15) is 11.0 Å². The first-order valence-electron chi connectivity index (χ1n) is 6.42. The maximum Gasteiger partial charge on any atom is 0.404 e. The van der Waals surface area contributed by atoms with E-state index in [4.69, 9.17) is 0 Å². The number of nitro groups is 1. The van der Waals surface area contributed by atoms with E-state index < -0.39 is 4.92 Å². The molecule has 0 aliphatic heterocycles. The zero-order valence-electron chi connectivity index (χ0n) is 12.3. The molecule has 2 rings (SSSR count). The highest BCUT2D eigenvalue weighted by Crippen LogP contribution is 2.26. The Kier molecular flexibility index (Phi) is 4.59. The second kappa shape index (κ2) is 6.26. The van der Waals surface area contributed by atoms with Crippen LogP contribution in [0.1, 0.15) is 17.0 Å². The molecule has 9 nitrogen and oxygen atoms in total. The minimum atomic E-state index is -0.593. The third-order valence-electron chi connectivity index (χ3n) is 3.40. The van der Waals surface area contributed by atoms with Crippen molar-refractivity contribution in [3.63, 3.8) is 0 Å². The van der Waals surface area contributed by atoms with Gasteiger partial charge >= 0.3 is 5.82 Å². The molecule has 0 bridgehead atoms. The van der Waals surface area contributed by atoms with Crippen LogP contribution >= 0.6 is 15.9 Å². The van der Waals surface area contributed by atoms with Gasteiger partial charge in [0.2, 0.25) is 5.91 Å². The van der Waals surface area contributed by atoms with Gasteiger partial charge in [-0.2, -0.15) is 9.78 Å². The van der Waals surface area contributed by atoms with E-state index in [1.807, 2.05) is 14.0 Å². The number of hydrogen-bond donors (Lipinski definition) is 1. The molecule has 1 N–H and O–H groups in total. The number of rotatable bonds is 5. The fourth-order valence-electron chi connectivity index (χ4n) is 1.88. The average molecular weight is 371 g/mol. The monoisotopic (exact) mass is 370 g/mol. The van der Waals surface area contributed by atoms with E-state index in [0.29, 0.717) is 12.2 Å². The Labute approximate surface area is 134 Å². The summed E-state index contributed by atoms with van der Waals surface area (Å²) in [5, 5.41) is 21.5. The van der Waals surface area contributed by atoms with Gasteiger partial charge in [0.15, 0.2) is 0 Å². The molecule has 0 saturated carbocycles. The smallest absolute Gasteiger partial charge is 0.358 e. The summed E-state index contributed by atoms with van der Waals surface area (Å²) < 4.78 is 3.31. The molecule has 0 saturated heterocycles. The molecule has 0 atom stereocenters. The fraction of sp³-hybridized carbons (Fsp3) is 0.417. The molecule has 118 valence electrons. The second-order valence-electron chi connectivity index (χ2n) is 4.79. The quantitative estimate of drug-likeness (QED) is 0.628. The van der Waals surface area contributed by atoms with Crippen LogP contribution < -0.4 is 5.32 Å². The van der Waals surface area contributed by atoms with Crippen LogP contribution in [-0.2, 0) is 24.9 Å². The van der Waals surface area contributed by atoms with E-state index in [2.05, 4.69) is 31.4 Å². The Bertz CT molecular complexity index is 736. The lowest BCUT2D eigenvalue weighted by Crippen LogP contribution is -2.28. The zero-order chi connectivity index (χ0) is 16.4. The molecule has 0 spiro atoms. The summed E-state index contributed by atoms with van der Waals surface area (Å²) in [4.78, 5) is 22.2. The molecule has 1 amide bonds. The van der Waals surface area contributed by atoms with Crippen molar-refractivity contribution >= 4 is 27.7 Å². The van der Waals surface area contributed by atoms with E-state index in [-0.39, 0.29) is 22.7 Å². The van der Waals surface area contributed by atoms with Gasteiger partial charge in [-0.15, -0.1) is 0 Å². The molecular formula is C12H15BrN6O3. The first-order chi connectivity index (χ1) is 10.3. The molecule has 10 heteroatoms. The van der Waals surface area contributed by atoms with Crippen LogP contribution in [0.25, 0.3) is 0 Å². The fourth-order valence-corrected chi connectivity index (χ4v) is 2.31. The van der Waals surface area contributed by atoms with Gasteiger partial charge in [-0.25, -0.2) is 0 Å². The molecule has 2 aromatic heterocycles. The summed E-state index contributed by atoms with van der Waals surface area (Å²) in [5.41, 5.74) is 2.41. The Morgan fingerprint density at radius 1 is 1.45 bits per heavy atom. The zero-order valence-corrected chi connectivity index (χ0v) is 13.9. The summed E-state index contributed by atoms with van der Waals surface area (Å²) >= 11 is 3.11. The van der Waals surface area contributed by atoms with Gasteiger partial charge in [-0.05, 0) is 34.7 Å². The van der Waals surface area contributed by atoms with E-state index in [1.165, 1.54) is 4.68 Å². The molecule has 0 unspecified atom stereocenters. The average Bonchev–Trinajstić information content (AvgIpc) is 2.92. The number of halogens is 1. The summed E-state index contributed by atoms with van der Waals surface area (Å²) in [6.45, 7) is 3.83. The largest absolute Gasteiger partial charge is 0.404 e. The first-order valence-corrected chi connectivity index (χ1v) is 7.22. The first kappa shape index (κ1) is 16.1.